The standard InChI is InChI=1S/C18H26N2O5/c1-11(21)20(2)15-8-7-14(17(15)22)18(23)19-10-12-5-6-13(24-3)9-16(12)25-4/h5-6,9,14-15,17,22H,7-8,10H2,1-4H3,(H,19,23)/t14-,15-,17+/m1/s1. The predicted octanol–water partition coefficient (Wildman–Crippen LogP) is 0.938. The van der Waals surface area contributed by atoms with Crippen LogP contribution in [-0.4, -0.2) is 55.2 Å². The van der Waals surface area contributed by atoms with E-state index >= 15 is 0 Å². The summed E-state index contributed by atoms with van der Waals surface area (Å²) in [5, 5.41) is 13.3. The maximum atomic E-state index is 12.4. The Bertz CT molecular complexity index is 634. The van der Waals surface area contributed by atoms with E-state index in [4.69, 9.17) is 9.47 Å². The van der Waals surface area contributed by atoms with Gasteiger partial charge in [-0.1, -0.05) is 0 Å². The van der Waals surface area contributed by atoms with E-state index < -0.39 is 12.0 Å². The molecule has 1 aliphatic rings. The summed E-state index contributed by atoms with van der Waals surface area (Å²) in [5.74, 6) is 0.447. The number of carbonyl (C=O) groups is 2. The van der Waals surface area contributed by atoms with Crippen LogP contribution in [0, 0.1) is 5.92 Å². The molecule has 1 aromatic rings. The van der Waals surface area contributed by atoms with E-state index in [1.165, 1.54) is 11.8 Å². The Hall–Kier alpha value is -2.28. The molecule has 7 nitrogen and oxygen atoms in total. The first-order chi connectivity index (χ1) is 11.9. The summed E-state index contributed by atoms with van der Waals surface area (Å²) in [5.41, 5.74) is 0.821. The number of benzene rings is 1. The molecule has 1 aliphatic carbocycles. The van der Waals surface area contributed by atoms with Gasteiger partial charge in [0, 0.05) is 32.1 Å². The second-order valence-electron chi connectivity index (χ2n) is 6.27. The largest absolute Gasteiger partial charge is 0.497 e. The highest BCUT2D eigenvalue weighted by molar-refractivity contribution is 5.80. The number of methoxy groups -OCH3 is 2. The Morgan fingerprint density at radius 2 is 2.00 bits per heavy atom. The van der Waals surface area contributed by atoms with Crippen molar-refractivity contribution < 1.29 is 24.2 Å². The van der Waals surface area contributed by atoms with Crippen LogP contribution in [-0.2, 0) is 16.1 Å². The molecule has 0 heterocycles. The Kier molecular flexibility index (Phi) is 6.25. The van der Waals surface area contributed by atoms with Gasteiger partial charge in [0.25, 0.3) is 0 Å². The fourth-order valence-corrected chi connectivity index (χ4v) is 3.21. The Balaban J connectivity index is 1.98. The van der Waals surface area contributed by atoms with Crippen molar-refractivity contribution in [1.29, 1.82) is 0 Å². The van der Waals surface area contributed by atoms with Crippen molar-refractivity contribution in [3.8, 4) is 11.5 Å². The van der Waals surface area contributed by atoms with E-state index in [-0.39, 0.29) is 17.9 Å². The molecule has 0 unspecified atom stereocenters. The van der Waals surface area contributed by atoms with Crippen molar-refractivity contribution in [2.75, 3.05) is 21.3 Å². The zero-order valence-electron chi connectivity index (χ0n) is 15.1. The number of rotatable bonds is 6. The van der Waals surface area contributed by atoms with Crippen LogP contribution in [0.2, 0.25) is 0 Å². The molecule has 0 radical (unpaired) electrons. The highest BCUT2D eigenvalue weighted by atomic mass is 16.5. The molecule has 0 spiro atoms. The lowest BCUT2D eigenvalue weighted by molar-refractivity contribution is -0.134. The highest BCUT2D eigenvalue weighted by Gasteiger charge is 2.41. The summed E-state index contributed by atoms with van der Waals surface area (Å²) < 4.78 is 10.5. The maximum Gasteiger partial charge on any atom is 0.226 e. The van der Waals surface area contributed by atoms with Crippen LogP contribution >= 0.6 is 0 Å². The number of nitrogens with zero attached hydrogens (tertiary/aromatic N) is 1. The van der Waals surface area contributed by atoms with Gasteiger partial charge in [-0.15, -0.1) is 0 Å². The van der Waals surface area contributed by atoms with Crippen LogP contribution in [0.3, 0.4) is 0 Å². The monoisotopic (exact) mass is 350 g/mol. The lowest BCUT2D eigenvalue weighted by atomic mass is 10.0. The number of ether oxygens (including phenoxy) is 2. The van der Waals surface area contributed by atoms with Gasteiger partial charge < -0.3 is 24.8 Å². The molecular weight excluding hydrogens is 324 g/mol. The summed E-state index contributed by atoms with van der Waals surface area (Å²) in [7, 11) is 4.79. The lowest BCUT2D eigenvalue weighted by Crippen LogP contribution is -2.45. The van der Waals surface area contributed by atoms with Gasteiger partial charge in [0.1, 0.15) is 11.5 Å². The Labute approximate surface area is 147 Å². The average Bonchev–Trinajstić information content (AvgIpc) is 3.00. The molecule has 7 heteroatoms. The van der Waals surface area contributed by atoms with E-state index in [0.29, 0.717) is 30.9 Å². The number of nitrogens with one attached hydrogen (secondary N) is 1. The predicted molar refractivity (Wildman–Crippen MR) is 92.4 cm³/mol. The number of carbonyl (C=O) groups excluding carboxylic acids is 2. The minimum atomic E-state index is -0.855. The van der Waals surface area contributed by atoms with Gasteiger partial charge in [0.15, 0.2) is 0 Å². The second-order valence-corrected chi connectivity index (χ2v) is 6.27. The van der Waals surface area contributed by atoms with E-state index in [0.717, 1.165) is 5.56 Å². The normalized spacial score (nSPS) is 22.4. The van der Waals surface area contributed by atoms with Crippen LogP contribution in [0.4, 0.5) is 0 Å². The van der Waals surface area contributed by atoms with Gasteiger partial charge in [-0.25, -0.2) is 0 Å². The molecule has 0 saturated heterocycles. The molecule has 0 aromatic heterocycles. The minimum Gasteiger partial charge on any atom is -0.497 e. The first kappa shape index (κ1) is 19.1. The van der Waals surface area contributed by atoms with Crippen molar-refractivity contribution in [3.05, 3.63) is 23.8 Å². The van der Waals surface area contributed by atoms with Gasteiger partial charge in [0.05, 0.1) is 32.3 Å². The minimum absolute atomic E-state index is 0.118. The lowest BCUT2D eigenvalue weighted by Gasteiger charge is -2.27. The molecule has 3 atom stereocenters. The van der Waals surface area contributed by atoms with Crippen LogP contribution in [0.15, 0.2) is 18.2 Å². The molecule has 1 saturated carbocycles. The Morgan fingerprint density at radius 1 is 1.28 bits per heavy atom. The molecule has 2 rings (SSSR count). The quantitative estimate of drug-likeness (QED) is 0.797. The number of hydrogen-bond donors (Lipinski definition) is 2. The molecule has 2 N–H and O–H groups in total. The third-order valence-corrected chi connectivity index (χ3v) is 4.86. The SMILES string of the molecule is COc1ccc(CNC(=O)[C@@H]2CC[C@@H](N(C)C(C)=O)[C@H]2O)c(OC)c1. The number of hydrogen-bond acceptors (Lipinski definition) is 5. The van der Waals surface area contributed by atoms with Gasteiger partial charge in [-0.3, -0.25) is 9.59 Å². The zero-order chi connectivity index (χ0) is 18.6. The topological polar surface area (TPSA) is 88.1 Å². The molecular formula is C18H26N2O5. The van der Waals surface area contributed by atoms with E-state index in [2.05, 4.69) is 5.32 Å². The number of aliphatic hydroxyl groups excluding tert-OH is 1. The molecule has 25 heavy (non-hydrogen) atoms. The summed E-state index contributed by atoms with van der Waals surface area (Å²) in [4.78, 5) is 25.4. The van der Waals surface area contributed by atoms with Crippen molar-refractivity contribution in [2.45, 2.75) is 38.5 Å². The van der Waals surface area contributed by atoms with Crippen molar-refractivity contribution in [2.24, 2.45) is 5.92 Å². The summed E-state index contributed by atoms with van der Waals surface area (Å²) in [6.45, 7) is 1.75. The number of aliphatic hydroxyl groups is 1. The van der Waals surface area contributed by atoms with Gasteiger partial charge in [0.2, 0.25) is 11.8 Å². The number of amides is 2. The Morgan fingerprint density at radius 3 is 2.60 bits per heavy atom. The number of likely N-dealkylation sites (N-methyl/N-ethyl adjacent to an activating group) is 1. The first-order valence-corrected chi connectivity index (χ1v) is 8.29. The molecule has 2 amide bonds. The van der Waals surface area contributed by atoms with Crippen molar-refractivity contribution in [3.63, 3.8) is 0 Å². The maximum absolute atomic E-state index is 12.4. The van der Waals surface area contributed by atoms with Gasteiger partial charge in [-0.05, 0) is 25.0 Å². The third kappa shape index (κ3) is 4.22. The van der Waals surface area contributed by atoms with Crippen LogP contribution in [0.25, 0.3) is 0 Å². The second kappa shape index (κ2) is 8.20. The highest BCUT2D eigenvalue weighted by Crippen LogP contribution is 2.30. The first-order valence-electron chi connectivity index (χ1n) is 8.29. The van der Waals surface area contributed by atoms with E-state index in [1.807, 2.05) is 6.07 Å². The van der Waals surface area contributed by atoms with Crippen LogP contribution in [0.5, 0.6) is 11.5 Å². The van der Waals surface area contributed by atoms with Crippen molar-refractivity contribution in [1.82, 2.24) is 10.2 Å². The van der Waals surface area contributed by atoms with Crippen LogP contribution in [0.1, 0.15) is 25.3 Å². The zero-order valence-corrected chi connectivity index (χ0v) is 15.1. The molecule has 138 valence electrons. The molecule has 1 aromatic carbocycles. The summed E-state index contributed by atoms with van der Waals surface area (Å²) in [6, 6.07) is 5.06. The van der Waals surface area contributed by atoms with E-state index in [9.17, 15) is 14.7 Å². The smallest absolute Gasteiger partial charge is 0.226 e. The van der Waals surface area contributed by atoms with E-state index in [1.54, 1.807) is 33.4 Å². The summed E-state index contributed by atoms with van der Waals surface area (Å²) in [6.07, 6.45) is 0.308. The van der Waals surface area contributed by atoms with Gasteiger partial charge in [-0.2, -0.15) is 0 Å². The molecule has 0 aliphatic heterocycles. The fraction of sp³-hybridized carbons (Fsp3) is 0.556. The molecule has 1 fully saturated rings. The summed E-state index contributed by atoms with van der Waals surface area (Å²) >= 11 is 0. The fourth-order valence-electron chi connectivity index (χ4n) is 3.21. The van der Waals surface area contributed by atoms with Gasteiger partial charge >= 0.3 is 0 Å². The van der Waals surface area contributed by atoms with Crippen molar-refractivity contribution >= 4 is 11.8 Å². The molecule has 0 bridgehead atoms. The third-order valence-electron chi connectivity index (χ3n) is 4.86. The average molecular weight is 350 g/mol. The van der Waals surface area contributed by atoms with Crippen LogP contribution < -0.4 is 14.8 Å².